The Hall–Kier alpha value is -0.870. The summed E-state index contributed by atoms with van der Waals surface area (Å²) >= 11 is 3.31. The maximum atomic E-state index is 10.9. The van der Waals surface area contributed by atoms with Crippen molar-refractivity contribution in [2.45, 2.75) is 19.4 Å². The summed E-state index contributed by atoms with van der Waals surface area (Å²) in [6, 6.07) is 5.40. The summed E-state index contributed by atoms with van der Waals surface area (Å²) in [5.41, 5.74) is 5.93. The summed E-state index contributed by atoms with van der Waals surface area (Å²) in [7, 11) is 0. The van der Waals surface area contributed by atoms with Crippen molar-refractivity contribution in [2.24, 2.45) is 5.73 Å². The minimum absolute atomic E-state index is 0.594. The molecule has 1 aromatic carbocycles. The van der Waals surface area contributed by atoms with Crippen molar-refractivity contribution in [2.75, 3.05) is 0 Å². The van der Waals surface area contributed by atoms with Gasteiger partial charge in [0, 0.05) is 4.47 Å². The van der Waals surface area contributed by atoms with Gasteiger partial charge in [0.2, 0.25) is 0 Å². The van der Waals surface area contributed by atoms with Crippen molar-refractivity contribution >= 4 is 21.9 Å². The van der Waals surface area contributed by atoms with Crippen molar-refractivity contribution in [3.63, 3.8) is 0 Å². The van der Waals surface area contributed by atoms with Gasteiger partial charge in [0.15, 0.2) is 0 Å². The van der Waals surface area contributed by atoms with Gasteiger partial charge in [0.05, 0.1) is 0 Å². The van der Waals surface area contributed by atoms with Crippen molar-refractivity contribution < 1.29 is 9.90 Å². The first kappa shape index (κ1) is 11.2. The Morgan fingerprint density at radius 1 is 1.50 bits per heavy atom. The molecule has 0 fully saturated rings. The molecule has 3 nitrogen and oxygen atoms in total. The van der Waals surface area contributed by atoms with Crippen LogP contribution in [0.3, 0.4) is 0 Å². The fourth-order valence-corrected chi connectivity index (χ4v) is 1.77. The highest BCUT2D eigenvalue weighted by molar-refractivity contribution is 9.10. The number of nitrogens with two attached hydrogens (primary N) is 1. The summed E-state index contributed by atoms with van der Waals surface area (Å²) < 4.78 is 0.838. The lowest BCUT2D eigenvalue weighted by Crippen LogP contribution is -2.41. The monoisotopic (exact) mass is 257 g/mol. The van der Waals surface area contributed by atoms with E-state index in [4.69, 9.17) is 10.8 Å². The molecule has 0 heterocycles. The molecule has 0 aromatic heterocycles. The van der Waals surface area contributed by atoms with Crippen LogP contribution in [-0.4, -0.2) is 11.1 Å². The number of benzene rings is 1. The zero-order valence-corrected chi connectivity index (χ0v) is 9.63. The number of carboxylic acid groups (broad SMARTS) is 1. The molecule has 1 atom stereocenters. The first-order chi connectivity index (χ1) is 6.34. The molecular formula is C10H12BrNO2. The third-order valence-electron chi connectivity index (χ3n) is 2.09. The molecule has 76 valence electrons. The number of rotatable bonds is 2. The molecule has 3 N–H and O–H groups in total. The molecule has 0 radical (unpaired) electrons. The van der Waals surface area contributed by atoms with Gasteiger partial charge >= 0.3 is 5.97 Å². The van der Waals surface area contributed by atoms with Gasteiger partial charge in [-0.1, -0.05) is 22.0 Å². The summed E-state index contributed by atoms with van der Waals surface area (Å²) in [6.45, 7) is 3.38. The van der Waals surface area contributed by atoms with Gasteiger partial charge in [0.1, 0.15) is 5.54 Å². The molecule has 0 aliphatic heterocycles. The van der Waals surface area contributed by atoms with E-state index < -0.39 is 11.5 Å². The summed E-state index contributed by atoms with van der Waals surface area (Å²) in [4.78, 5) is 10.9. The van der Waals surface area contributed by atoms with Gasteiger partial charge in [-0.25, -0.2) is 4.79 Å². The molecule has 0 bridgehead atoms. The SMILES string of the molecule is Cc1cc(Br)cc([C@](C)(N)C(=O)O)c1. The lowest BCUT2D eigenvalue weighted by molar-refractivity contribution is -0.143. The largest absolute Gasteiger partial charge is 0.480 e. The first-order valence-electron chi connectivity index (χ1n) is 4.14. The highest BCUT2D eigenvalue weighted by Crippen LogP contribution is 2.23. The van der Waals surface area contributed by atoms with Crippen LogP contribution in [0.4, 0.5) is 0 Å². The molecule has 0 saturated heterocycles. The van der Waals surface area contributed by atoms with Crippen LogP contribution in [-0.2, 0) is 10.3 Å². The molecular weight excluding hydrogens is 246 g/mol. The zero-order chi connectivity index (χ0) is 10.9. The molecule has 14 heavy (non-hydrogen) atoms. The topological polar surface area (TPSA) is 63.3 Å². The quantitative estimate of drug-likeness (QED) is 0.852. The number of aryl methyl sites for hydroxylation is 1. The second-order valence-corrected chi connectivity index (χ2v) is 4.44. The molecule has 0 spiro atoms. The molecule has 1 aromatic rings. The third kappa shape index (κ3) is 2.13. The van der Waals surface area contributed by atoms with Crippen molar-refractivity contribution in [3.05, 3.63) is 33.8 Å². The second kappa shape index (κ2) is 3.71. The van der Waals surface area contributed by atoms with Crippen molar-refractivity contribution in [1.29, 1.82) is 0 Å². The smallest absolute Gasteiger partial charge is 0.328 e. The van der Waals surface area contributed by atoms with Crippen LogP contribution in [0.2, 0.25) is 0 Å². The normalized spacial score (nSPS) is 14.9. The number of carboxylic acids is 1. The maximum absolute atomic E-state index is 10.9. The second-order valence-electron chi connectivity index (χ2n) is 3.52. The standard InChI is InChI=1S/C10H12BrNO2/c1-6-3-7(5-8(11)4-6)10(2,12)9(13)14/h3-5H,12H2,1-2H3,(H,13,14)/t10-/m0/s1. The first-order valence-corrected chi connectivity index (χ1v) is 4.93. The molecule has 0 saturated carbocycles. The lowest BCUT2D eigenvalue weighted by atomic mass is 9.92. The lowest BCUT2D eigenvalue weighted by Gasteiger charge is -2.20. The number of hydrogen-bond donors (Lipinski definition) is 2. The average molecular weight is 258 g/mol. The maximum Gasteiger partial charge on any atom is 0.328 e. The summed E-state index contributed by atoms with van der Waals surface area (Å²) in [5, 5.41) is 8.94. The molecule has 0 aliphatic carbocycles. The Bertz CT molecular complexity index is 354. The van der Waals surface area contributed by atoms with E-state index in [1.54, 1.807) is 12.1 Å². The average Bonchev–Trinajstić information content (AvgIpc) is 2.01. The molecule has 0 aliphatic rings. The predicted molar refractivity (Wildman–Crippen MR) is 58.1 cm³/mol. The molecule has 1 rings (SSSR count). The van der Waals surface area contributed by atoms with Gasteiger partial charge in [-0.3, -0.25) is 0 Å². The van der Waals surface area contributed by atoms with E-state index in [1.807, 2.05) is 13.0 Å². The van der Waals surface area contributed by atoms with Gasteiger partial charge in [-0.2, -0.15) is 0 Å². The fraction of sp³-hybridized carbons (Fsp3) is 0.300. The van der Waals surface area contributed by atoms with Crippen LogP contribution < -0.4 is 5.73 Å². The van der Waals surface area contributed by atoms with E-state index in [2.05, 4.69) is 15.9 Å². The third-order valence-corrected chi connectivity index (χ3v) is 2.54. The van der Waals surface area contributed by atoms with E-state index in [9.17, 15) is 4.79 Å². The van der Waals surface area contributed by atoms with E-state index in [1.165, 1.54) is 6.92 Å². The Kier molecular flexibility index (Phi) is 2.97. The van der Waals surface area contributed by atoms with Gasteiger partial charge in [0.25, 0.3) is 0 Å². The summed E-state index contributed by atoms with van der Waals surface area (Å²) in [5.74, 6) is -1.03. The Labute approximate surface area is 91.1 Å². The van der Waals surface area contributed by atoms with Gasteiger partial charge < -0.3 is 10.8 Å². The van der Waals surface area contributed by atoms with Crippen LogP contribution in [0.5, 0.6) is 0 Å². The van der Waals surface area contributed by atoms with E-state index in [0.717, 1.165) is 10.0 Å². The predicted octanol–water partition coefficient (Wildman–Crippen LogP) is 2.02. The highest BCUT2D eigenvalue weighted by Gasteiger charge is 2.30. The fourth-order valence-electron chi connectivity index (χ4n) is 1.16. The van der Waals surface area contributed by atoms with Crippen LogP contribution >= 0.6 is 15.9 Å². The number of halogens is 1. The number of aliphatic carboxylic acids is 1. The van der Waals surface area contributed by atoms with Gasteiger partial charge in [-0.15, -0.1) is 0 Å². The van der Waals surface area contributed by atoms with E-state index in [-0.39, 0.29) is 0 Å². The van der Waals surface area contributed by atoms with E-state index in [0.29, 0.717) is 5.56 Å². The van der Waals surface area contributed by atoms with Crippen LogP contribution in [0.1, 0.15) is 18.1 Å². The van der Waals surface area contributed by atoms with Crippen molar-refractivity contribution in [1.82, 2.24) is 0 Å². The molecule has 0 unspecified atom stereocenters. The summed E-state index contributed by atoms with van der Waals surface area (Å²) in [6.07, 6.45) is 0. The highest BCUT2D eigenvalue weighted by atomic mass is 79.9. The molecule has 0 amide bonds. The number of hydrogen-bond acceptors (Lipinski definition) is 2. The Morgan fingerprint density at radius 3 is 2.50 bits per heavy atom. The van der Waals surface area contributed by atoms with Crippen LogP contribution in [0.25, 0.3) is 0 Å². The van der Waals surface area contributed by atoms with Crippen LogP contribution in [0.15, 0.2) is 22.7 Å². The minimum atomic E-state index is -1.34. The van der Waals surface area contributed by atoms with Gasteiger partial charge in [-0.05, 0) is 37.1 Å². The molecule has 4 heteroatoms. The Morgan fingerprint density at radius 2 is 2.07 bits per heavy atom. The minimum Gasteiger partial charge on any atom is -0.480 e. The van der Waals surface area contributed by atoms with Crippen LogP contribution in [0, 0.1) is 6.92 Å². The zero-order valence-electron chi connectivity index (χ0n) is 8.04. The Balaban J connectivity index is 3.25. The van der Waals surface area contributed by atoms with E-state index >= 15 is 0 Å². The van der Waals surface area contributed by atoms with Crippen molar-refractivity contribution in [3.8, 4) is 0 Å². The number of carbonyl (C=O) groups is 1.